The second-order valence-electron chi connectivity index (χ2n) is 4.08. The van der Waals surface area contributed by atoms with Crippen molar-refractivity contribution in [1.29, 1.82) is 0 Å². The van der Waals surface area contributed by atoms with E-state index in [2.05, 4.69) is 15.0 Å². The first-order valence-corrected chi connectivity index (χ1v) is 6.96. The maximum atomic E-state index is 11.3. The standard InChI is InChI=1S/C11H15ClN2O3S/c1-16-10(15)8-9(12)14-11(18-8)13-4-2-7-3-5-17-6-7/h7H,2-6H2,1H3,(H,13,14). The SMILES string of the molecule is COC(=O)c1sc(NCCC2CCOC2)nc1Cl. The zero-order valence-corrected chi connectivity index (χ0v) is 11.6. The van der Waals surface area contributed by atoms with E-state index in [0.29, 0.717) is 15.9 Å². The average Bonchev–Trinajstić information content (AvgIpc) is 2.98. The molecule has 1 N–H and O–H groups in total. The minimum absolute atomic E-state index is 0.193. The van der Waals surface area contributed by atoms with E-state index in [4.69, 9.17) is 16.3 Å². The Balaban J connectivity index is 1.83. The normalized spacial score (nSPS) is 18.9. The molecule has 0 aromatic carbocycles. The Morgan fingerprint density at radius 1 is 1.72 bits per heavy atom. The number of ether oxygens (including phenoxy) is 2. The summed E-state index contributed by atoms with van der Waals surface area (Å²) in [5.41, 5.74) is 0. The summed E-state index contributed by atoms with van der Waals surface area (Å²) >= 11 is 7.08. The van der Waals surface area contributed by atoms with Gasteiger partial charge in [-0.05, 0) is 18.8 Å². The third-order valence-electron chi connectivity index (χ3n) is 2.81. The zero-order chi connectivity index (χ0) is 13.0. The number of rotatable bonds is 5. The lowest BCUT2D eigenvalue weighted by molar-refractivity contribution is 0.0606. The van der Waals surface area contributed by atoms with Crippen LogP contribution in [0.25, 0.3) is 0 Å². The van der Waals surface area contributed by atoms with E-state index < -0.39 is 5.97 Å². The lowest BCUT2D eigenvalue weighted by Crippen LogP contribution is -2.08. The monoisotopic (exact) mass is 290 g/mol. The van der Waals surface area contributed by atoms with E-state index in [1.54, 1.807) is 0 Å². The van der Waals surface area contributed by atoms with Crippen molar-refractivity contribution in [3.05, 3.63) is 10.0 Å². The number of nitrogens with one attached hydrogen (secondary N) is 1. The third-order valence-corrected chi connectivity index (χ3v) is 4.19. The molecule has 0 spiro atoms. The number of halogens is 1. The number of hydrogen-bond acceptors (Lipinski definition) is 6. The smallest absolute Gasteiger partial charge is 0.351 e. The molecule has 1 atom stereocenters. The highest BCUT2D eigenvalue weighted by Crippen LogP contribution is 2.27. The number of nitrogens with zero attached hydrogens (tertiary/aromatic N) is 1. The van der Waals surface area contributed by atoms with E-state index in [1.165, 1.54) is 18.4 Å². The van der Waals surface area contributed by atoms with Gasteiger partial charge >= 0.3 is 5.97 Å². The zero-order valence-electron chi connectivity index (χ0n) is 10.1. The fourth-order valence-corrected chi connectivity index (χ4v) is 2.92. The molecule has 1 aromatic heterocycles. The quantitative estimate of drug-likeness (QED) is 0.844. The van der Waals surface area contributed by atoms with Crippen LogP contribution in [-0.4, -0.2) is 37.8 Å². The largest absolute Gasteiger partial charge is 0.465 e. The van der Waals surface area contributed by atoms with Crippen molar-refractivity contribution in [3.8, 4) is 0 Å². The first-order valence-electron chi connectivity index (χ1n) is 5.77. The second kappa shape index (κ2) is 6.36. The first kappa shape index (κ1) is 13.6. The molecule has 1 saturated heterocycles. The number of aromatic nitrogens is 1. The maximum Gasteiger partial charge on any atom is 0.351 e. The number of carbonyl (C=O) groups excluding carboxylic acids is 1. The Hall–Kier alpha value is -0.850. The molecule has 0 bridgehead atoms. The van der Waals surface area contributed by atoms with Crippen LogP contribution in [0.2, 0.25) is 5.15 Å². The van der Waals surface area contributed by atoms with Gasteiger partial charge in [0.15, 0.2) is 15.2 Å². The van der Waals surface area contributed by atoms with Gasteiger partial charge in [-0.15, -0.1) is 0 Å². The van der Waals surface area contributed by atoms with Gasteiger partial charge in [0.05, 0.1) is 7.11 Å². The molecule has 100 valence electrons. The summed E-state index contributed by atoms with van der Waals surface area (Å²) in [6, 6.07) is 0. The molecule has 0 radical (unpaired) electrons. The van der Waals surface area contributed by atoms with Crippen molar-refractivity contribution in [3.63, 3.8) is 0 Å². The number of anilines is 1. The minimum atomic E-state index is -0.449. The molecule has 18 heavy (non-hydrogen) atoms. The predicted octanol–water partition coefficient (Wildman–Crippen LogP) is 2.42. The highest BCUT2D eigenvalue weighted by Gasteiger charge is 2.18. The molecular weight excluding hydrogens is 276 g/mol. The van der Waals surface area contributed by atoms with Gasteiger partial charge in [-0.2, -0.15) is 0 Å². The summed E-state index contributed by atoms with van der Waals surface area (Å²) in [5.74, 6) is 0.169. The molecule has 0 amide bonds. The molecule has 1 fully saturated rings. The highest BCUT2D eigenvalue weighted by atomic mass is 35.5. The first-order chi connectivity index (χ1) is 8.70. The van der Waals surface area contributed by atoms with Crippen molar-refractivity contribution in [1.82, 2.24) is 4.98 Å². The number of thiazole rings is 1. The molecule has 0 saturated carbocycles. The summed E-state index contributed by atoms with van der Waals surface area (Å²) < 4.78 is 9.92. The lowest BCUT2D eigenvalue weighted by atomic mass is 10.1. The van der Waals surface area contributed by atoms with Gasteiger partial charge in [0, 0.05) is 19.8 Å². The maximum absolute atomic E-state index is 11.3. The van der Waals surface area contributed by atoms with Crippen molar-refractivity contribution in [2.24, 2.45) is 5.92 Å². The van der Waals surface area contributed by atoms with E-state index in [0.717, 1.165) is 32.6 Å². The Bertz CT molecular complexity index is 418. The summed E-state index contributed by atoms with van der Waals surface area (Å²) in [6.45, 7) is 2.51. The Kier molecular flexibility index (Phi) is 4.79. The van der Waals surface area contributed by atoms with Gasteiger partial charge in [0.25, 0.3) is 0 Å². The molecule has 1 aliphatic rings. The summed E-state index contributed by atoms with van der Waals surface area (Å²) in [4.78, 5) is 15.8. The molecule has 0 aliphatic carbocycles. The number of carbonyl (C=O) groups is 1. The van der Waals surface area contributed by atoms with Crippen LogP contribution < -0.4 is 5.32 Å². The highest BCUT2D eigenvalue weighted by molar-refractivity contribution is 7.18. The third kappa shape index (κ3) is 3.34. The van der Waals surface area contributed by atoms with Crippen LogP contribution in [0.5, 0.6) is 0 Å². The van der Waals surface area contributed by atoms with Crippen LogP contribution >= 0.6 is 22.9 Å². The van der Waals surface area contributed by atoms with Crippen molar-refractivity contribution in [2.75, 3.05) is 32.2 Å². The molecule has 5 nitrogen and oxygen atoms in total. The Morgan fingerprint density at radius 2 is 2.56 bits per heavy atom. The second-order valence-corrected chi connectivity index (χ2v) is 5.43. The average molecular weight is 291 g/mol. The number of esters is 1. The van der Waals surface area contributed by atoms with E-state index in [1.807, 2.05) is 0 Å². The molecule has 1 aromatic rings. The Morgan fingerprint density at radius 3 is 3.22 bits per heavy atom. The van der Waals surface area contributed by atoms with Gasteiger partial charge in [-0.3, -0.25) is 0 Å². The fourth-order valence-electron chi connectivity index (χ4n) is 1.79. The van der Waals surface area contributed by atoms with Crippen molar-refractivity contribution in [2.45, 2.75) is 12.8 Å². The van der Waals surface area contributed by atoms with E-state index in [9.17, 15) is 4.79 Å². The van der Waals surface area contributed by atoms with Crippen LogP contribution in [0.3, 0.4) is 0 Å². The lowest BCUT2D eigenvalue weighted by Gasteiger charge is -2.07. The predicted molar refractivity (Wildman–Crippen MR) is 70.5 cm³/mol. The van der Waals surface area contributed by atoms with Crippen LogP contribution in [-0.2, 0) is 9.47 Å². The molecule has 7 heteroatoms. The number of methoxy groups -OCH3 is 1. The molecule has 1 unspecified atom stereocenters. The van der Waals surface area contributed by atoms with E-state index >= 15 is 0 Å². The number of hydrogen-bond donors (Lipinski definition) is 1. The van der Waals surface area contributed by atoms with Gasteiger partial charge in [0.1, 0.15) is 0 Å². The van der Waals surface area contributed by atoms with Crippen molar-refractivity contribution >= 4 is 34.0 Å². The molecule has 2 heterocycles. The summed E-state index contributed by atoms with van der Waals surface area (Å²) in [7, 11) is 1.32. The fraction of sp³-hybridized carbons (Fsp3) is 0.636. The van der Waals surface area contributed by atoms with Crippen LogP contribution in [0, 0.1) is 5.92 Å². The van der Waals surface area contributed by atoms with Gasteiger partial charge < -0.3 is 14.8 Å². The van der Waals surface area contributed by atoms with Crippen LogP contribution in [0.15, 0.2) is 0 Å². The van der Waals surface area contributed by atoms with Gasteiger partial charge in [0.2, 0.25) is 0 Å². The van der Waals surface area contributed by atoms with Gasteiger partial charge in [-0.25, -0.2) is 9.78 Å². The molecule has 1 aliphatic heterocycles. The Labute approximate surface area is 114 Å². The molecule has 2 rings (SSSR count). The van der Waals surface area contributed by atoms with Crippen LogP contribution in [0.4, 0.5) is 5.13 Å². The molecular formula is C11H15ClN2O3S. The minimum Gasteiger partial charge on any atom is -0.465 e. The summed E-state index contributed by atoms with van der Waals surface area (Å²) in [5, 5.41) is 4.02. The summed E-state index contributed by atoms with van der Waals surface area (Å²) in [6.07, 6.45) is 2.15. The van der Waals surface area contributed by atoms with Crippen LogP contribution in [0.1, 0.15) is 22.5 Å². The van der Waals surface area contributed by atoms with Crippen molar-refractivity contribution < 1.29 is 14.3 Å². The van der Waals surface area contributed by atoms with Gasteiger partial charge in [-0.1, -0.05) is 22.9 Å². The van der Waals surface area contributed by atoms with E-state index in [-0.39, 0.29) is 5.15 Å². The topological polar surface area (TPSA) is 60.5 Å².